The molecule has 2 aromatic heterocycles. The molecule has 0 aliphatic carbocycles. The van der Waals surface area contributed by atoms with E-state index in [1.54, 1.807) is 20.0 Å². The molecule has 0 fully saturated rings. The van der Waals surface area contributed by atoms with Crippen molar-refractivity contribution in [2.45, 2.75) is 6.92 Å². The molecule has 1 aromatic carbocycles. The maximum atomic E-state index is 12.2. The van der Waals surface area contributed by atoms with Gasteiger partial charge in [-0.2, -0.15) is 0 Å². The summed E-state index contributed by atoms with van der Waals surface area (Å²) in [5, 5.41) is 4.06. The Balaban J connectivity index is 2.19. The van der Waals surface area contributed by atoms with Gasteiger partial charge in [-0.3, -0.25) is 9.59 Å². The second kappa shape index (κ2) is 5.14. The van der Waals surface area contributed by atoms with Crippen molar-refractivity contribution in [3.05, 3.63) is 51.3 Å². The standard InChI is InChI=1S/C15H13N3O2S/c1-8-12(14(20)16-2)21-15(17-8)10-7-9-5-3-4-6-11(9)18-13(10)19/h3-7H,1-2H3,(H,16,20)(H,18,19). The molecule has 5 nitrogen and oxygen atoms in total. The first-order chi connectivity index (χ1) is 10.1. The molecule has 3 aromatic rings. The van der Waals surface area contributed by atoms with Crippen molar-refractivity contribution >= 4 is 28.1 Å². The molecule has 0 saturated carbocycles. The smallest absolute Gasteiger partial charge is 0.263 e. The summed E-state index contributed by atoms with van der Waals surface area (Å²) in [4.78, 5) is 31.7. The van der Waals surface area contributed by atoms with Gasteiger partial charge in [0, 0.05) is 12.6 Å². The van der Waals surface area contributed by atoms with Crippen molar-refractivity contribution < 1.29 is 4.79 Å². The van der Waals surface area contributed by atoms with Gasteiger partial charge >= 0.3 is 0 Å². The van der Waals surface area contributed by atoms with E-state index in [-0.39, 0.29) is 11.5 Å². The quantitative estimate of drug-likeness (QED) is 0.762. The summed E-state index contributed by atoms with van der Waals surface area (Å²) in [6, 6.07) is 9.36. The third kappa shape index (κ3) is 2.34. The number of aryl methyl sites for hydroxylation is 1. The summed E-state index contributed by atoms with van der Waals surface area (Å²) < 4.78 is 0. The highest BCUT2D eigenvalue weighted by Crippen LogP contribution is 2.27. The van der Waals surface area contributed by atoms with E-state index in [9.17, 15) is 9.59 Å². The first-order valence-electron chi connectivity index (χ1n) is 6.42. The number of aromatic amines is 1. The highest BCUT2D eigenvalue weighted by Gasteiger charge is 2.17. The van der Waals surface area contributed by atoms with E-state index in [4.69, 9.17) is 0 Å². The van der Waals surface area contributed by atoms with Crippen LogP contribution >= 0.6 is 11.3 Å². The number of fused-ring (bicyclic) bond motifs is 1. The number of amides is 1. The van der Waals surface area contributed by atoms with Crippen LogP contribution in [0.5, 0.6) is 0 Å². The van der Waals surface area contributed by atoms with Gasteiger partial charge in [-0.1, -0.05) is 18.2 Å². The Morgan fingerprint density at radius 3 is 2.86 bits per heavy atom. The average Bonchev–Trinajstić information content (AvgIpc) is 2.87. The number of rotatable bonds is 2. The van der Waals surface area contributed by atoms with E-state index in [1.165, 1.54) is 11.3 Å². The zero-order chi connectivity index (χ0) is 15.0. The second-order valence-electron chi connectivity index (χ2n) is 4.61. The fraction of sp³-hybridized carbons (Fsp3) is 0.133. The number of pyridine rings is 1. The molecule has 2 N–H and O–H groups in total. The maximum Gasteiger partial charge on any atom is 0.263 e. The van der Waals surface area contributed by atoms with E-state index in [0.717, 1.165) is 10.9 Å². The third-order valence-electron chi connectivity index (χ3n) is 3.21. The minimum atomic E-state index is -0.203. The lowest BCUT2D eigenvalue weighted by Crippen LogP contribution is -2.17. The normalized spacial score (nSPS) is 10.8. The van der Waals surface area contributed by atoms with Gasteiger partial charge < -0.3 is 10.3 Å². The molecule has 1 amide bonds. The Hall–Kier alpha value is -2.47. The van der Waals surface area contributed by atoms with Gasteiger partial charge in [0.15, 0.2) is 0 Å². The molecule has 3 rings (SSSR count). The fourth-order valence-electron chi connectivity index (χ4n) is 2.14. The Kier molecular flexibility index (Phi) is 3.31. The Bertz CT molecular complexity index is 895. The topological polar surface area (TPSA) is 74.8 Å². The number of carbonyl (C=O) groups excluding carboxylic acids is 1. The van der Waals surface area contributed by atoms with Crippen LogP contribution in [-0.4, -0.2) is 22.9 Å². The molecule has 21 heavy (non-hydrogen) atoms. The van der Waals surface area contributed by atoms with Crippen LogP contribution < -0.4 is 10.9 Å². The minimum absolute atomic E-state index is 0.187. The van der Waals surface area contributed by atoms with Crippen molar-refractivity contribution in [2.24, 2.45) is 0 Å². The lowest BCUT2D eigenvalue weighted by molar-refractivity contribution is 0.0966. The predicted molar refractivity (Wildman–Crippen MR) is 83.8 cm³/mol. The molecule has 0 bridgehead atoms. The molecule has 0 unspecified atom stereocenters. The van der Waals surface area contributed by atoms with Crippen molar-refractivity contribution in [3.63, 3.8) is 0 Å². The number of carbonyl (C=O) groups is 1. The zero-order valence-electron chi connectivity index (χ0n) is 11.6. The van der Waals surface area contributed by atoms with Gasteiger partial charge in [-0.25, -0.2) is 4.98 Å². The van der Waals surface area contributed by atoms with Gasteiger partial charge in [0.25, 0.3) is 11.5 Å². The summed E-state index contributed by atoms with van der Waals surface area (Å²) in [6.45, 7) is 1.76. The van der Waals surface area contributed by atoms with Crippen LogP contribution in [0.2, 0.25) is 0 Å². The Morgan fingerprint density at radius 2 is 2.10 bits per heavy atom. The van der Waals surface area contributed by atoms with Crippen molar-refractivity contribution in [2.75, 3.05) is 7.05 Å². The molecule has 6 heteroatoms. The predicted octanol–water partition coefficient (Wildman–Crippen LogP) is 2.32. The summed E-state index contributed by atoms with van der Waals surface area (Å²) in [7, 11) is 1.57. The number of hydrogen-bond acceptors (Lipinski definition) is 4. The van der Waals surface area contributed by atoms with E-state index in [0.29, 0.717) is 21.1 Å². The number of nitrogens with zero attached hydrogens (tertiary/aromatic N) is 1. The monoisotopic (exact) mass is 299 g/mol. The van der Waals surface area contributed by atoms with Gasteiger partial charge in [0.1, 0.15) is 9.88 Å². The summed E-state index contributed by atoms with van der Waals surface area (Å²) in [6.07, 6.45) is 0. The molecule has 0 atom stereocenters. The number of nitrogens with one attached hydrogen (secondary N) is 2. The molecule has 0 spiro atoms. The molecular weight excluding hydrogens is 286 g/mol. The lowest BCUT2D eigenvalue weighted by atomic mass is 10.1. The van der Waals surface area contributed by atoms with Crippen LogP contribution in [0.25, 0.3) is 21.5 Å². The fourth-order valence-corrected chi connectivity index (χ4v) is 3.17. The summed E-state index contributed by atoms with van der Waals surface area (Å²) in [5.74, 6) is -0.187. The largest absolute Gasteiger partial charge is 0.354 e. The number of thiazole rings is 1. The first-order valence-corrected chi connectivity index (χ1v) is 7.23. The molecule has 0 aliphatic rings. The molecule has 0 saturated heterocycles. The summed E-state index contributed by atoms with van der Waals surface area (Å²) in [5.41, 5.74) is 1.69. The second-order valence-corrected chi connectivity index (χ2v) is 5.61. The van der Waals surface area contributed by atoms with Gasteiger partial charge in [-0.15, -0.1) is 11.3 Å². The van der Waals surface area contributed by atoms with Gasteiger partial charge in [-0.05, 0) is 24.4 Å². The molecule has 0 aliphatic heterocycles. The zero-order valence-corrected chi connectivity index (χ0v) is 12.4. The Morgan fingerprint density at radius 1 is 1.33 bits per heavy atom. The minimum Gasteiger partial charge on any atom is -0.354 e. The van der Waals surface area contributed by atoms with Crippen molar-refractivity contribution in [1.82, 2.24) is 15.3 Å². The lowest BCUT2D eigenvalue weighted by Gasteiger charge is -2.00. The number of para-hydroxylation sites is 1. The number of hydrogen-bond donors (Lipinski definition) is 2. The first kappa shape index (κ1) is 13.5. The van der Waals surface area contributed by atoms with Gasteiger partial charge in [0.05, 0.1) is 11.3 Å². The molecular formula is C15H13N3O2S. The average molecular weight is 299 g/mol. The number of aromatic nitrogens is 2. The van der Waals surface area contributed by atoms with Crippen LogP contribution in [0.4, 0.5) is 0 Å². The van der Waals surface area contributed by atoms with Crippen molar-refractivity contribution in [1.29, 1.82) is 0 Å². The third-order valence-corrected chi connectivity index (χ3v) is 4.40. The highest BCUT2D eigenvalue weighted by atomic mass is 32.1. The number of H-pyrrole nitrogens is 1. The van der Waals surface area contributed by atoms with Crippen LogP contribution in [0.3, 0.4) is 0 Å². The van der Waals surface area contributed by atoms with E-state index in [1.807, 2.05) is 24.3 Å². The van der Waals surface area contributed by atoms with Crippen LogP contribution in [0, 0.1) is 6.92 Å². The SMILES string of the molecule is CNC(=O)c1sc(-c2cc3ccccc3[nH]c2=O)nc1C. The summed E-state index contributed by atoms with van der Waals surface area (Å²) >= 11 is 1.22. The van der Waals surface area contributed by atoms with Crippen molar-refractivity contribution in [3.8, 4) is 10.6 Å². The van der Waals surface area contributed by atoms with E-state index >= 15 is 0 Å². The number of benzene rings is 1. The van der Waals surface area contributed by atoms with Crippen LogP contribution in [0.15, 0.2) is 35.1 Å². The molecule has 0 radical (unpaired) electrons. The van der Waals surface area contributed by atoms with E-state index in [2.05, 4.69) is 15.3 Å². The van der Waals surface area contributed by atoms with Crippen LogP contribution in [0.1, 0.15) is 15.4 Å². The van der Waals surface area contributed by atoms with E-state index < -0.39 is 0 Å². The Labute approximate surface area is 124 Å². The highest BCUT2D eigenvalue weighted by molar-refractivity contribution is 7.17. The molecule has 106 valence electrons. The van der Waals surface area contributed by atoms with Crippen LogP contribution in [-0.2, 0) is 0 Å². The maximum absolute atomic E-state index is 12.2. The molecule has 2 heterocycles. The van der Waals surface area contributed by atoms with Gasteiger partial charge in [0.2, 0.25) is 0 Å².